The normalized spacial score (nSPS) is 19.6. The maximum absolute atomic E-state index is 13.2. The standard InChI is InChI=1S/C24H17Cl2N3O2S/c1-31-14-6-8-18-20(11-14)32-24-28-17-3-2-4-19(30)21(17)22(29(18)24)15-10-12-9-13(25)5-7-16(12)27-23(15)26/h5-11,22H,2-4H2,1H3. The van der Waals surface area contributed by atoms with Gasteiger partial charge in [-0.1, -0.05) is 23.2 Å². The SMILES string of the molecule is COc1ccc2c(c1)SC1=NC3=C(C(=O)CCC3)C(c3cc4cc(Cl)ccc4nc3Cl)N12. The molecule has 0 spiro atoms. The summed E-state index contributed by atoms with van der Waals surface area (Å²) in [5, 5.41) is 2.73. The van der Waals surface area contributed by atoms with Gasteiger partial charge in [0.25, 0.3) is 0 Å². The van der Waals surface area contributed by atoms with E-state index in [0.29, 0.717) is 22.2 Å². The van der Waals surface area contributed by atoms with Gasteiger partial charge in [-0.25, -0.2) is 9.98 Å². The zero-order valence-corrected chi connectivity index (χ0v) is 19.4. The van der Waals surface area contributed by atoms with Gasteiger partial charge in [0.15, 0.2) is 11.0 Å². The smallest absolute Gasteiger partial charge is 0.174 e. The average Bonchev–Trinajstić information content (AvgIpc) is 3.15. The Morgan fingerprint density at radius 2 is 2.00 bits per heavy atom. The van der Waals surface area contributed by atoms with E-state index in [2.05, 4.69) is 9.88 Å². The van der Waals surface area contributed by atoms with Crippen LogP contribution in [-0.4, -0.2) is 23.0 Å². The third kappa shape index (κ3) is 3.04. The number of fused-ring (bicyclic) bond motifs is 4. The maximum atomic E-state index is 13.2. The number of ketones is 1. The number of thioether (sulfide) groups is 1. The molecular formula is C24H17Cl2N3O2S. The summed E-state index contributed by atoms with van der Waals surface area (Å²) >= 11 is 14.6. The number of carbonyl (C=O) groups excluding carboxylic acids is 1. The Morgan fingerprint density at radius 1 is 1.12 bits per heavy atom. The highest BCUT2D eigenvalue weighted by molar-refractivity contribution is 8.14. The van der Waals surface area contributed by atoms with Crippen molar-refractivity contribution in [3.05, 3.63) is 69.5 Å². The van der Waals surface area contributed by atoms with Crippen LogP contribution in [0.5, 0.6) is 5.75 Å². The van der Waals surface area contributed by atoms with Crippen LogP contribution in [0.15, 0.2) is 63.6 Å². The lowest BCUT2D eigenvalue weighted by Gasteiger charge is -2.37. The molecule has 0 bridgehead atoms. The predicted octanol–water partition coefficient (Wildman–Crippen LogP) is 6.58. The summed E-state index contributed by atoms with van der Waals surface area (Å²) in [7, 11) is 1.65. The number of benzene rings is 2. The molecule has 8 heteroatoms. The van der Waals surface area contributed by atoms with Gasteiger partial charge in [0.05, 0.1) is 30.1 Å². The van der Waals surface area contributed by atoms with Crippen molar-refractivity contribution in [3.63, 3.8) is 0 Å². The summed E-state index contributed by atoms with van der Waals surface area (Å²) in [5.74, 6) is 0.898. The minimum Gasteiger partial charge on any atom is -0.497 e. The van der Waals surface area contributed by atoms with Gasteiger partial charge in [0, 0.05) is 32.9 Å². The fraction of sp³-hybridized carbons (Fsp3) is 0.208. The van der Waals surface area contributed by atoms with Gasteiger partial charge in [-0.15, -0.1) is 0 Å². The number of allylic oxidation sites excluding steroid dienone is 1. The van der Waals surface area contributed by atoms with Crippen LogP contribution in [0.1, 0.15) is 30.9 Å². The topological polar surface area (TPSA) is 54.8 Å². The molecular weight excluding hydrogens is 465 g/mol. The average molecular weight is 482 g/mol. The number of amidine groups is 1. The summed E-state index contributed by atoms with van der Waals surface area (Å²) in [5.41, 5.74) is 4.09. The minimum atomic E-state index is -0.393. The van der Waals surface area contributed by atoms with E-state index in [1.165, 1.54) is 0 Å². The molecule has 1 aliphatic carbocycles. The van der Waals surface area contributed by atoms with Gasteiger partial charge >= 0.3 is 0 Å². The molecule has 0 radical (unpaired) electrons. The van der Waals surface area contributed by atoms with Crippen molar-refractivity contribution in [3.8, 4) is 5.75 Å². The Bertz CT molecular complexity index is 1390. The third-order valence-corrected chi connectivity index (χ3v) is 7.63. The van der Waals surface area contributed by atoms with E-state index in [4.69, 9.17) is 32.9 Å². The number of ether oxygens (including phenoxy) is 1. The lowest BCUT2D eigenvalue weighted by atomic mass is 9.85. The number of methoxy groups -OCH3 is 1. The summed E-state index contributed by atoms with van der Waals surface area (Å²) in [4.78, 5) is 25.9. The van der Waals surface area contributed by atoms with Crippen LogP contribution in [0, 0.1) is 0 Å². The second-order valence-corrected chi connectivity index (χ2v) is 9.75. The number of aliphatic imine (C=N–C) groups is 1. The van der Waals surface area contributed by atoms with Crippen LogP contribution >= 0.6 is 35.0 Å². The number of hydrogen-bond acceptors (Lipinski definition) is 6. The predicted molar refractivity (Wildman–Crippen MR) is 129 cm³/mol. The zero-order chi connectivity index (χ0) is 22.0. The molecule has 1 unspecified atom stereocenters. The number of aromatic nitrogens is 1. The molecule has 2 aromatic carbocycles. The van der Waals surface area contributed by atoms with Gasteiger partial charge in [-0.05, 0) is 67.1 Å². The molecule has 0 amide bonds. The molecule has 5 nitrogen and oxygen atoms in total. The Labute approximate surface area is 199 Å². The van der Waals surface area contributed by atoms with Crippen LogP contribution in [0.2, 0.25) is 10.2 Å². The number of pyridine rings is 1. The highest BCUT2D eigenvalue weighted by atomic mass is 35.5. The van der Waals surface area contributed by atoms with Gasteiger partial charge in [0.2, 0.25) is 0 Å². The van der Waals surface area contributed by atoms with Crippen molar-refractivity contribution in [2.75, 3.05) is 12.0 Å². The monoisotopic (exact) mass is 481 g/mol. The van der Waals surface area contributed by atoms with E-state index in [9.17, 15) is 4.79 Å². The fourth-order valence-corrected chi connectivity index (χ4v) is 6.15. The summed E-state index contributed by atoms with van der Waals surface area (Å²) in [6.07, 6.45) is 2.10. The number of hydrogen-bond donors (Lipinski definition) is 0. The summed E-state index contributed by atoms with van der Waals surface area (Å²) in [6.45, 7) is 0. The van der Waals surface area contributed by atoms with Gasteiger partial charge < -0.3 is 9.64 Å². The van der Waals surface area contributed by atoms with Crippen molar-refractivity contribution < 1.29 is 9.53 Å². The van der Waals surface area contributed by atoms with Crippen LogP contribution in [0.3, 0.4) is 0 Å². The highest BCUT2D eigenvalue weighted by Gasteiger charge is 2.43. The first-order chi connectivity index (χ1) is 15.5. The first-order valence-electron chi connectivity index (χ1n) is 10.3. The van der Waals surface area contributed by atoms with E-state index in [1.54, 1.807) is 24.9 Å². The number of halogens is 2. The highest BCUT2D eigenvalue weighted by Crippen LogP contribution is 2.53. The summed E-state index contributed by atoms with van der Waals surface area (Å²) < 4.78 is 5.41. The van der Waals surface area contributed by atoms with Crippen LogP contribution < -0.4 is 9.64 Å². The van der Waals surface area contributed by atoms with Crippen LogP contribution in [0.25, 0.3) is 10.9 Å². The molecule has 6 rings (SSSR count). The van der Waals surface area contributed by atoms with Crippen molar-refractivity contribution in [2.45, 2.75) is 30.2 Å². The second-order valence-electron chi connectivity index (χ2n) is 7.95. The first kappa shape index (κ1) is 20.1. The van der Waals surface area contributed by atoms with Crippen molar-refractivity contribution >= 4 is 62.5 Å². The molecule has 0 saturated heterocycles. The van der Waals surface area contributed by atoms with E-state index >= 15 is 0 Å². The molecule has 1 aromatic heterocycles. The molecule has 0 N–H and O–H groups in total. The van der Waals surface area contributed by atoms with E-state index < -0.39 is 6.04 Å². The molecule has 32 heavy (non-hydrogen) atoms. The number of anilines is 1. The Kier molecular flexibility index (Phi) is 4.72. The molecule has 3 aliphatic rings. The first-order valence-corrected chi connectivity index (χ1v) is 11.9. The maximum Gasteiger partial charge on any atom is 0.174 e. The third-order valence-electron chi connectivity index (χ3n) is 6.08. The Morgan fingerprint density at radius 3 is 2.84 bits per heavy atom. The minimum absolute atomic E-state index is 0.119. The van der Waals surface area contributed by atoms with E-state index in [1.807, 2.05) is 36.4 Å². The quantitative estimate of drug-likeness (QED) is 0.386. The van der Waals surface area contributed by atoms with Gasteiger partial charge in [0.1, 0.15) is 10.9 Å². The molecule has 1 atom stereocenters. The number of carbonyl (C=O) groups is 1. The number of rotatable bonds is 2. The van der Waals surface area contributed by atoms with Crippen molar-refractivity contribution in [1.82, 2.24) is 4.98 Å². The fourth-order valence-electron chi connectivity index (χ4n) is 4.62. The van der Waals surface area contributed by atoms with Crippen LogP contribution in [-0.2, 0) is 4.79 Å². The molecule has 160 valence electrons. The molecule has 0 fully saturated rings. The molecule has 2 aliphatic heterocycles. The van der Waals surface area contributed by atoms with Crippen molar-refractivity contribution in [1.29, 1.82) is 0 Å². The van der Waals surface area contributed by atoms with Crippen molar-refractivity contribution in [2.24, 2.45) is 4.99 Å². The number of nitrogens with zero attached hydrogens (tertiary/aromatic N) is 3. The van der Waals surface area contributed by atoms with Gasteiger partial charge in [-0.3, -0.25) is 4.79 Å². The Hall–Kier alpha value is -2.54. The summed E-state index contributed by atoms with van der Waals surface area (Å²) in [6, 6.07) is 13.1. The molecule has 0 saturated carbocycles. The number of Topliss-reactive ketones (excluding diaryl/α,β-unsaturated/α-hetero) is 1. The second kappa shape index (κ2) is 7.51. The molecule has 3 heterocycles. The van der Waals surface area contributed by atoms with E-state index in [0.717, 1.165) is 56.5 Å². The van der Waals surface area contributed by atoms with E-state index in [-0.39, 0.29) is 5.78 Å². The Balaban J connectivity index is 1.60. The lowest BCUT2D eigenvalue weighted by molar-refractivity contribution is -0.116. The zero-order valence-electron chi connectivity index (χ0n) is 17.1. The molecule has 3 aromatic rings. The largest absolute Gasteiger partial charge is 0.497 e. The van der Waals surface area contributed by atoms with Gasteiger partial charge in [-0.2, -0.15) is 0 Å². The lowest BCUT2D eigenvalue weighted by Crippen LogP contribution is -2.38. The van der Waals surface area contributed by atoms with Crippen LogP contribution in [0.4, 0.5) is 5.69 Å².